The first-order chi connectivity index (χ1) is 65.6. The molecule has 0 radical (unpaired) electrons. The zero-order chi connectivity index (χ0) is 102. The van der Waals surface area contributed by atoms with E-state index in [2.05, 4.69) is 37.2 Å². The van der Waals surface area contributed by atoms with E-state index < -0.39 is 23.8 Å². The number of hydrogen-bond donors (Lipinski definition) is 1. The second kappa shape index (κ2) is 53.3. The number of carboxylic acids is 1. The molecule has 6 aromatic carbocycles. The molecule has 4 aliphatic rings. The number of carboxylic acid groups (broad SMARTS) is 1. The molecule has 0 atom stereocenters. The van der Waals surface area contributed by atoms with Crippen LogP contribution in [-0.2, 0) is 56.9 Å². The van der Waals surface area contributed by atoms with E-state index in [0.29, 0.717) is 232 Å². The van der Waals surface area contributed by atoms with E-state index in [9.17, 15) is 19.2 Å². The van der Waals surface area contributed by atoms with Crippen LogP contribution in [-0.4, -0.2) is 293 Å². The van der Waals surface area contributed by atoms with Gasteiger partial charge in [0.25, 0.3) is 18.9 Å². The molecule has 1 N–H and O–H groups in total. The van der Waals surface area contributed by atoms with E-state index in [0.717, 1.165) is 34.2 Å². The van der Waals surface area contributed by atoms with Crippen LogP contribution in [0.3, 0.4) is 0 Å². The third-order valence-electron chi connectivity index (χ3n) is 22.2. The summed E-state index contributed by atoms with van der Waals surface area (Å²) in [5.74, 6) is 8.22. The fourth-order valence-corrected chi connectivity index (χ4v) is 15.2. The number of hydroxylamine groups is 2. The van der Waals surface area contributed by atoms with Crippen molar-refractivity contribution in [2.24, 2.45) is 0 Å². The van der Waals surface area contributed by atoms with Gasteiger partial charge in [-0.1, -0.05) is 0 Å². The van der Waals surface area contributed by atoms with E-state index >= 15 is 0 Å². The maximum absolute atomic E-state index is 12.4. The second-order valence-corrected chi connectivity index (χ2v) is 47.1. The molecular weight excluding hydrogens is 2110 g/mol. The van der Waals surface area contributed by atoms with E-state index in [1.807, 2.05) is 172 Å². The SMILES string of the molecule is COC1=CC(=[N+](C)C)C=C(OC)C1=C(c1c(OC)cc(N(C)C)cc1OC)c1c(OC)cc(N(C)CCCC(=O)O)cc1OC.COC1=CC(=[N+](C)C)C=C(OC)C1=C(c1c(OC)cc(N(C)C)cc1OC)c1c(OC)cc(N(C)CCCC(=O)ON2C(=O)CCC2=O)cc1OC.COC1=CC(=[O+]C)C(=C(c2c(OC)cc(OC)cc2OC)c2c(OC)cc(OC)cc2OC)C(OC)=C1.I[I-]I. The van der Waals surface area contributed by atoms with Crippen molar-refractivity contribution in [1.29, 1.82) is 0 Å². The molecule has 3 aliphatic carbocycles. The Labute approximate surface area is 832 Å². The van der Waals surface area contributed by atoms with Gasteiger partial charge in [-0.15, -0.1) is 5.06 Å². The molecule has 37 heteroatoms. The predicted octanol–water partition coefficient (Wildman–Crippen LogP) is 12.0. The average Bonchev–Trinajstić information content (AvgIpc) is 1.03. The van der Waals surface area contributed by atoms with Crippen LogP contribution >= 0.6 is 37.2 Å². The summed E-state index contributed by atoms with van der Waals surface area (Å²) in [4.78, 5) is 60.1. The molecule has 0 bridgehead atoms. The van der Waals surface area contributed by atoms with Crippen molar-refractivity contribution >= 4 is 118 Å². The monoisotopic (exact) mass is 2240 g/mol. The summed E-state index contributed by atoms with van der Waals surface area (Å²) in [5, 5.41) is 9.69. The molecule has 34 nitrogen and oxygen atoms in total. The molecule has 0 unspecified atom stereocenters. The Morgan fingerprint density at radius 1 is 0.365 bits per heavy atom. The van der Waals surface area contributed by atoms with E-state index in [1.165, 1.54) is 0 Å². The van der Waals surface area contributed by atoms with Gasteiger partial charge in [0.1, 0.15) is 149 Å². The number of amides is 2. The van der Waals surface area contributed by atoms with Gasteiger partial charge in [-0.25, -0.2) is 13.9 Å². The molecule has 2 amide bonds. The van der Waals surface area contributed by atoms with Crippen molar-refractivity contribution in [3.05, 3.63) is 194 Å². The number of ketones is 1. The molecule has 6 aromatic rings. The van der Waals surface area contributed by atoms with Crippen molar-refractivity contribution in [3.63, 3.8) is 0 Å². The molecule has 1 saturated heterocycles. The minimum absolute atomic E-state index is 0.00323. The molecule has 0 saturated carbocycles. The number of hydrogen-bond acceptors (Lipinski definition) is 29. The molecule has 1 heterocycles. The summed E-state index contributed by atoms with van der Waals surface area (Å²) < 4.78 is 128. The molecular formula is C100H128I3N7O27+2. The number of benzene rings is 6. The fourth-order valence-electron chi connectivity index (χ4n) is 15.2. The zero-order valence-electron chi connectivity index (χ0n) is 83.9. The standard InChI is InChI=1S/C38H49N4O10.C34H45N3O8.C28H33O9.I3/c1-39(2)23-17-26(46-6)35(27(18-23)47-7)38(36-28(48-8)19-24(40(3)4)20-29(36)49-9)37-30(50-10)21-25(22-31(37)51-11)41(5)16-12-13-34(45)52-42-32(43)14-15-33(42)44;1-35(2)21-15-24(40-6)31(25(16-21)41-7)34(32-26(42-8)17-22(36(3)4)18-27(32)43-9)33-28(44-10)19-23(20-29(33)45-11)37(5)14-12-13-30(38)39;1-29-16-10-19(32-4)25(20(11-16)33-5)28(26-21(34-6)12-17(30-2)13-22(26)35-7)27-23(36-8)14-18(31-3)15-24(27)37-9;1-3-2/h17-22H,12-16H2,1-11H3;15-20H,12-14H2,1-11H3;10-15H,1-9H3;/q+1;;+1;-1/p+1. The molecule has 0 spiro atoms. The molecule has 0 aromatic heterocycles. The third-order valence-corrected chi connectivity index (χ3v) is 22.2. The summed E-state index contributed by atoms with van der Waals surface area (Å²) in [6.07, 6.45) is 12.3. The Bertz CT molecular complexity index is 5490. The van der Waals surface area contributed by atoms with Crippen LogP contribution in [0.25, 0.3) is 16.7 Å². The van der Waals surface area contributed by atoms with Crippen LogP contribution in [0.4, 0.5) is 22.7 Å². The Balaban J connectivity index is 0.000000279. The van der Waals surface area contributed by atoms with Crippen molar-refractivity contribution in [2.75, 3.05) is 252 Å². The quantitative estimate of drug-likeness (QED) is 0.0123. The Morgan fingerprint density at radius 3 is 0.854 bits per heavy atom. The average molecular weight is 2240 g/mol. The van der Waals surface area contributed by atoms with Gasteiger partial charge in [0.15, 0.2) is 0 Å². The van der Waals surface area contributed by atoms with E-state index in [1.54, 1.807) is 186 Å². The Kier molecular flexibility index (Phi) is 43.3. The van der Waals surface area contributed by atoms with Gasteiger partial charge in [0, 0.05) is 199 Å². The van der Waals surface area contributed by atoms with Crippen LogP contribution in [0.5, 0.6) is 80.5 Å². The number of carbonyl (C=O) groups is 4. The maximum atomic E-state index is 12.4. The van der Waals surface area contributed by atoms with Crippen LogP contribution in [0.15, 0.2) is 161 Å². The number of halogens is 3. The molecule has 10 rings (SSSR count). The number of imide groups is 1. The van der Waals surface area contributed by atoms with Gasteiger partial charge in [-0.2, -0.15) is 0 Å². The zero-order valence-corrected chi connectivity index (χ0v) is 90.3. The van der Waals surface area contributed by atoms with Gasteiger partial charge < -0.3 is 124 Å². The van der Waals surface area contributed by atoms with Crippen molar-refractivity contribution in [3.8, 4) is 80.5 Å². The van der Waals surface area contributed by atoms with Gasteiger partial charge in [0.05, 0.1) is 217 Å². The summed E-state index contributed by atoms with van der Waals surface area (Å²) in [5.41, 5.74) is 12.3. The number of methoxy groups -OCH3 is 20. The topological polar surface area (TPSA) is 316 Å². The molecule has 1 aliphatic heterocycles. The molecule has 744 valence electrons. The first-order valence-corrected chi connectivity index (χ1v) is 55.1. The predicted molar refractivity (Wildman–Crippen MR) is 541 cm³/mol. The number of allylic oxidation sites excluding steroid dienone is 7. The van der Waals surface area contributed by atoms with Crippen molar-refractivity contribution in [1.82, 2.24) is 5.06 Å². The molecule has 137 heavy (non-hydrogen) atoms. The molecule has 1 fully saturated rings. The number of aliphatic carboxylic acids is 1. The normalized spacial score (nSPS) is 13.3. The first-order valence-electron chi connectivity index (χ1n) is 42.5. The van der Waals surface area contributed by atoms with Crippen LogP contribution in [0, 0.1) is 0 Å². The number of anilines is 4. The number of ether oxygens (including phenoxy) is 20. The minimum atomic E-state index is -0.834. The van der Waals surface area contributed by atoms with Gasteiger partial charge in [-0.05, 0) is 12.8 Å². The summed E-state index contributed by atoms with van der Waals surface area (Å²) in [6, 6.07) is 22.3. The van der Waals surface area contributed by atoms with Crippen molar-refractivity contribution < 1.29 is 151 Å². The van der Waals surface area contributed by atoms with Crippen LogP contribution in [0.2, 0.25) is 0 Å². The first kappa shape index (κ1) is 111. The van der Waals surface area contributed by atoms with E-state index in [-0.39, 0.29) is 25.7 Å². The van der Waals surface area contributed by atoms with Gasteiger partial charge in [0.2, 0.25) is 11.4 Å². The van der Waals surface area contributed by atoms with Gasteiger partial charge in [-0.3, -0.25) is 18.8 Å². The van der Waals surface area contributed by atoms with Crippen LogP contribution < -0.4 is 99.2 Å². The number of rotatable bonds is 39. The third kappa shape index (κ3) is 26.4. The second-order valence-electron chi connectivity index (χ2n) is 30.8. The summed E-state index contributed by atoms with van der Waals surface area (Å²) in [7, 11) is 52.6. The van der Waals surface area contributed by atoms with Crippen molar-refractivity contribution in [2.45, 2.75) is 38.5 Å². The fraction of sp³-hybridized carbons (Fsp3) is 0.390. The van der Waals surface area contributed by atoms with E-state index in [4.69, 9.17) is 109 Å². The van der Waals surface area contributed by atoms with Gasteiger partial charge >= 0.3 is 68.2 Å². The van der Waals surface area contributed by atoms with Crippen LogP contribution in [0.1, 0.15) is 71.9 Å². The number of nitrogens with zero attached hydrogens (tertiary/aromatic N) is 7. The number of carbonyl (C=O) groups excluding carboxylic acids is 4. The Morgan fingerprint density at radius 2 is 0.620 bits per heavy atom. The Hall–Kier alpha value is -12.5. The summed E-state index contributed by atoms with van der Waals surface area (Å²) >= 11 is 5.30. The summed E-state index contributed by atoms with van der Waals surface area (Å²) in [6.45, 7) is 0.955.